The van der Waals surface area contributed by atoms with Crippen molar-refractivity contribution in [2.75, 3.05) is 0 Å². The van der Waals surface area contributed by atoms with Gasteiger partial charge < -0.3 is 4.42 Å². The first-order chi connectivity index (χ1) is 9.17. The van der Waals surface area contributed by atoms with Gasteiger partial charge in [-0.15, -0.1) is 0 Å². The Morgan fingerprint density at radius 1 is 1.16 bits per heavy atom. The van der Waals surface area contributed by atoms with Crippen molar-refractivity contribution in [2.45, 2.75) is 5.33 Å². The second-order valence-corrected chi connectivity index (χ2v) is 5.96. The van der Waals surface area contributed by atoms with Crippen LogP contribution in [0, 0.1) is 0 Å². The van der Waals surface area contributed by atoms with E-state index in [4.69, 9.17) is 16.0 Å². The fourth-order valence-corrected chi connectivity index (χ4v) is 2.74. The lowest BCUT2D eigenvalue weighted by molar-refractivity contribution is 0.620. The second kappa shape index (κ2) is 5.27. The third kappa shape index (κ3) is 2.57. The highest BCUT2D eigenvalue weighted by atomic mass is 79.9. The zero-order valence-corrected chi connectivity index (χ0v) is 13.6. The molecule has 0 aliphatic carbocycles. The molecule has 19 heavy (non-hydrogen) atoms. The summed E-state index contributed by atoms with van der Waals surface area (Å²) in [5, 5.41) is 1.42. The van der Waals surface area contributed by atoms with Crippen molar-refractivity contribution < 1.29 is 4.42 Å². The molecular formula is C14H8Br2ClNO. The summed E-state index contributed by atoms with van der Waals surface area (Å²) in [6, 6.07) is 11.5. The number of benzene rings is 2. The molecule has 2 nitrogen and oxygen atoms in total. The normalized spacial score (nSPS) is 11.1. The van der Waals surface area contributed by atoms with Crippen molar-refractivity contribution in [2.24, 2.45) is 0 Å². The molecule has 0 N–H and O–H groups in total. The minimum Gasteiger partial charge on any atom is -0.436 e. The van der Waals surface area contributed by atoms with Gasteiger partial charge in [0.2, 0.25) is 5.89 Å². The topological polar surface area (TPSA) is 26.0 Å². The lowest BCUT2D eigenvalue weighted by Gasteiger charge is -1.99. The minimum atomic E-state index is 0.535. The third-order valence-electron chi connectivity index (χ3n) is 2.77. The van der Waals surface area contributed by atoms with Crippen LogP contribution in [0.4, 0.5) is 0 Å². The van der Waals surface area contributed by atoms with Gasteiger partial charge in [0, 0.05) is 9.80 Å². The van der Waals surface area contributed by atoms with Crippen LogP contribution in [0.25, 0.3) is 22.6 Å². The lowest BCUT2D eigenvalue weighted by Crippen LogP contribution is -1.80. The number of halogens is 3. The molecule has 3 aromatic rings. The number of hydrogen-bond donors (Lipinski definition) is 0. The number of hydrogen-bond acceptors (Lipinski definition) is 2. The molecule has 5 heteroatoms. The van der Waals surface area contributed by atoms with Crippen LogP contribution in [-0.4, -0.2) is 4.98 Å². The van der Waals surface area contributed by atoms with Crippen molar-refractivity contribution in [1.29, 1.82) is 0 Å². The van der Waals surface area contributed by atoms with Crippen LogP contribution in [0.3, 0.4) is 0 Å². The number of oxazole rings is 1. The fourth-order valence-electron chi connectivity index (χ4n) is 1.83. The van der Waals surface area contributed by atoms with Crippen LogP contribution in [0.1, 0.15) is 5.56 Å². The molecule has 0 fully saturated rings. The molecule has 0 unspecified atom stereocenters. The van der Waals surface area contributed by atoms with E-state index in [9.17, 15) is 0 Å². The highest BCUT2D eigenvalue weighted by Gasteiger charge is 2.12. The van der Waals surface area contributed by atoms with Crippen LogP contribution in [0.2, 0.25) is 5.02 Å². The molecule has 2 aromatic carbocycles. The number of nitrogens with zero attached hydrogens (tertiary/aromatic N) is 1. The molecule has 0 bridgehead atoms. The smallest absolute Gasteiger partial charge is 0.228 e. The van der Waals surface area contributed by atoms with Gasteiger partial charge in [-0.05, 0) is 35.9 Å². The van der Waals surface area contributed by atoms with Crippen LogP contribution >= 0.6 is 43.5 Å². The number of aromatic nitrogens is 1. The summed E-state index contributed by atoms with van der Waals surface area (Å²) in [7, 11) is 0. The average Bonchev–Trinajstić information content (AvgIpc) is 2.83. The molecular weight excluding hydrogens is 393 g/mol. The lowest BCUT2D eigenvalue weighted by atomic mass is 10.2. The maximum atomic E-state index is 6.19. The van der Waals surface area contributed by atoms with E-state index in [1.807, 2.05) is 36.4 Å². The van der Waals surface area contributed by atoms with Gasteiger partial charge in [-0.3, -0.25) is 0 Å². The Morgan fingerprint density at radius 3 is 2.79 bits per heavy atom. The van der Waals surface area contributed by atoms with Crippen molar-refractivity contribution in [3.8, 4) is 11.5 Å². The van der Waals surface area contributed by atoms with E-state index in [1.165, 1.54) is 0 Å². The molecule has 0 aliphatic heterocycles. The SMILES string of the molecule is Clc1ccc(Br)cc1-c1nc2cc(CBr)ccc2o1. The molecule has 0 saturated heterocycles. The van der Waals surface area contributed by atoms with Crippen LogP contribution in [0.15, 0.2) is 45.3 Å². The maximum Gasteiger partial charge on any atom is 0.228 e. The summed E-state index contributed by atoms with van der Waals surface area (Å²) in [5.41, 5.74) is 3.54. The molecule has 0 radical (unpaired) electrons. The maximum absolute atomic E-state index is 6.19. The number of rotatable bonds is 2. The quantitative estimate of drug-likeness (QED) is 0.507. The number of alkyl halides is 1. The highest BCUT2D eigenvalue weighted by molar-refractivity contribution is 9.10. The molecule has 1 heterocycles. The first-order valence-corrected chi connectivity index (χ1v) is 7.87. The summed E-state index contributed by atoms with van der Waals surface area (Å²) in [4.78, 5) is 4.50. The standard InChI is InChI=1S/C14H8Br2ClNO/c15-7-8-1-4-13-12(5-8)18-14(19-13)10-6-9(16)2-3-11(10)17/h1-6H,7H2. The van der Waals surface area contributed by atoms with E-state index in [-0.39, 0.29) is 0 Å². The molecule has 0 aliphatic rings. The van der Waals surface area contributed by atoms with E-state index in [2.05, 4.69) is 36.8 Å². The summed E-state index contributed by atoms with van der Waals surface area (Å²) in [6.07, 6.45) is 0. The van der Waals surface area contributed by atoms with Gasteiger partial charge in [0.25, 0.3) is 0 Å². The van der Waals surface area contributed by atoms with Crippen LogP contribution in [-0.2, 0) is 5.33 Å². The van der Waals surface area contributed by atoms with Crippen molar-refractivity contribution in [1.82, 2.24) is 4.98 Å². The molecule has 96 valence electrons. The van der Waals surface area contributed by atoms with Gasteiger partial charge in [0.05, 0.1) is 10.6 Å². The van der Waals surface area contributed by atoms with E-state index in [1.54, 1.807) is 0 Å². The Balaban J connectivity index is 2.17. The van der Waals surface area contributed by atoms with Gasteiger partial charge in [-0.1, -0.05) is 49.5 Å². The van der Waals surface area contributed by atoms with Crippen molar-refractivity contribution in [3.63, 3.8) is 0 Å². The summed E-state index contributed by atoms with van der Waals surface area (Å²) in [5.74, 6) is 0.535. The Bertz CT molecular complexity index is 754. The largest absolute Gasteiger partial charge is 0.436 e. The van der Waals surface area contributed by atoms with Gasteiger partial charge in [0.15, 0.2) is 5.58 Å². The predicted molar refractivity (Wildman–Crippen MR) is 84.8 cm³/mol. The number of fused-ring (bicyclic) bond motifs is 1. The highest BCUT2D eigenvalue weighted by Crippen LogP contribution is 2.32. The average molecular weight is 401 g/mol. The fraction of sp³-hybridized carbons (Fsp3) is 0.0714. The third-order valence-corrected chi connectivity index (χ3v) is 4.24. The molecule has 0 amide bonds. The molecule has 0 saturated carbocycles. The first kappa shape index (κ1) is 13.2. The molecule has 1 aromatic heterocycles. The predicted octanol–water partition coefficient (Wildman–Crippen LogP) is 5.81. The van der Waals surface area contributed by atoms with Crippen LogP contribution in [0.5, 0.6) is 0 Å². The zero-order valence-electron chi connectivity index (χ0n) is 9.66. The molecule has 0 spiro atoms. The summed E-state index contributed by atoms with van der Waals surface area (Å²) < 4.78 is 6.70. The van der Waals surface area contributed by atoms with Gasteiger partial charge in [0.1, 0.15) is 5.52 Å². The van der Waals surface area contributed by atoms with Gasteiger partial charge in [-0.25, -0.2) is 4.98 Å². The Kier molecular flexibility index (Phi) is 3.65. The van der Waals surface area contributed by atoms with E-state index in [0.29, 0.717) is 10.9 Å². The first-order valence-electron chi connectivity index (χ1n) is 5.58. The molecule has 3 rings (SSSR count). The van der Waals surface area contributed by atoms with E-state index in [0.717, 1.165) is 32.0 Å². The van der Waals surface area contributed by atoms with Crippen molar-refractivity contribution in [3.05, 3.63) is 51.5 Å². The zero-order chi connectivity index (χ0) is 13.4. The van der Waals surface area contributed by atoms with Gasteiger partial charge in [-0.2, -0.15) is 0 Å². The Morgan fingerprint density at radius 2 is 2.00 bits per heavy atom. The monoisotopic (exact) mass is 399 g/mol. The molecule has 0 atom stereocenters. The minimum absolute atomic E-state index is 0.535. The van der Waals surface area contributed by atoms with Crippen LogP contribution < -0.4 is 0 Å². The summed E-state index contributed by atoms with van der Waals surface area (Å²) in [6.45, 7) is 0. The van der Waals surface area contributed by atoms with E-state index >= 15 is 0 Å². The Labute approximate surface area is 132 Å². The van der Waals surface area contributed by atoms with E-state index < -0.39 is 0 Å². The Hall–Kier alpha value is -0.840. The second-order valence-electron chi connectivity index (χ2n) is 4.08. The summed E-state index contributed by atoms with van der Waals surface area (Å²) >= 11 is 13.0. The van der Waals surface area contributed by atoms with Crippen molar-refractivity contribution >= 4 is 54.6 Å². The van der Waals surface area contributed by atoms with Gasteiger partial charge >= 0.3 is 0 Å².